The summed E-state index contributed by atoms with van der Waals surface area (Å²) in [6.07, 6.45) is 2.47. The van der Waals surface area contributed by atoms with E-state index in [-0.39, 0.29) is 12.4 Å². The summed E-state index contributed by atoms with van der Waals surface area (Å²) in [5.74, 6) is 0.253. The molecule has 1 atom stereocenters. The Morgan fingerprint density at radius 3 is 2.91 bits per heavy atom. The molecule has 3 rings (SSSR count). The molecule has 2 heterocycles. The van der Waals surface area contributed by atoms with Crippen LogP contribution in [0.3, 0.4) is 0 Å². The minimum atomic E-state index is -0.822. The Labute approximate surface area is 137 Å². The van der Waals surface area contributed by atoms with Crippen molar-refractivity contribution in [1.29, 1.82) is 0 Å². The van der Waals surface area contributed by atoms with E-state index in [4.69, 9.17) is 0 Å². The number of thiophene rings is 1. The molecule has 23 heavy (non-hydrogen) atoms. The molecule has 2 N–H and O–H groups in total. The molecule has 1 aromatic carbocycles. The van der Waals surface area contributed by atoms with Crippen molar-refractivity contribution in [2.75, 3.05) is 11.9 Å². The van der Waals surface area contributed by atoms with Crippen molar-refractivity contribution < 1.29 is 9.50 Å². The molecule has 0 radical (unpaired) electrons. The average molecular weight is 329 g/mol. The fraction of sp³-hybridized carbons (Fsp3) is 0.176. The molecule has 0 aliphatic carbocycles. The lowest BCUT2D eigenvalue weighted by Crippen LogP contribution is -2.13. The Kier molecular flexibility index (Phi) is 4.64. The van der Waals surface area contributed by atoms with Crippen LogP contribution < -0.4 is 5.32 Å². The predicted molar refractivity (Wildman–Crippen MR) is 89.9 cm³/mol. The van der Waals surface area contributed by atoms with Gasteiger partial charge in [-0.15, -0.1) is 11.3 Å². The topological polar surface area (TPSA) is 58.0 Å². The van der Waals surface area contributed by atoms with Gasteiger partial charge in [-0.3, -0.25) is 4.98 Å². The van der Waals surface area contributed by atoms with Crippen LogP contribution in [0.2, 0.25) is 0 Å². The van der Waals surface area contributed by atoms with Crippen LogP contribution in [-0.2, 0) is 0 Å². The number of benzene rings is 1. The summed E-state index contributed by atoms with van der Waals surface area (Å²) in [5.41, 5.74) is 1.87. The number of aryl methyl sites for hydroxylation is 1. The van der Waals surface area contributed by atoms with Crippen molar-refractivity contribution in [2.24, 2.45) is 0 Å². The van der Waals surface area contributed by atoms with Gasteiger partial charge in [-0.1, -0.05) is 18.2 Å². The molecule has 2 aromatic heterocycles. The number of halogens is 1. The van der Waals surface area contributed by atoms with Gasteiger partial charge in [0.05, 0.1) is 23.4 Å². The Hall–Kier alpha value is -2.31. The van der Waals surface area contributed by atoms with Crippen LogP contribution in [0, 0.1) is 12.7 Å². The quantitative estimate of drug-likeness (QED) is 0.747. The van der Waals surface area contributed by atoms with Crippen molar-refractivity contribution in [3.05, 3.63) is 65.0 Å². The lowest BCUT2D eigenvalue weighted by atomic mass is 10.1. The number of nitrogens with one attached hydrogen (secondary N) is 1. The van der Waals surface area contributed by atoms with Gasteiger partial charge >= 0.3 is 0 Å². The molecule has 0 saturated heterocycles. The number of nitrogens with zero attached hydrogens (tertiary/aromatic N) is 2. The Morgan fingerprint density at radius 2 is 2.17 bits per heavy atom. The van der Waals surface area contributed by atoms with Gasteiger partial charge in [0.2, 0.25) is 0 Å². The van der Waals surface area contributed by atoms with E-state index in [9.17, 15) is 9.50 Å². The van der Waals surface area contributed by atoms with Crippen molar-refractivity contribution >= 4 is 17.2 Å². The van der Waals surface area contributed by atoms with Crippen LogP contribution in [0.25, 0.3) is 10.6 Å². The standard InChI is InChI=1S/C17H16FN3OS/c1-11-4-5-12(7-13(11)18)15(22)9-20-17-10-19-8-14(21-17)16-3-2-6-23-16/h2-8,10,15,22H,9H2,1H3,(H,20,21). The first kappa shape index (κ1) is 15.6. The van der Waals surface area contributed by atoms with Crippen LogP contribution in [0.15, 0.2) is 48.1 Å². The predicted octanol–water partition coefficient (Wildman–Crippen LogP) is 3.80. The van der Waals surface area contributed by atoms with Gasteiger partial charge in [0, 0.05) is 6.54 Å². The lowest BCUT2D eigenvalue weighted by molar-refractivity contribution is 0.191. The fourth-order valence-corrected chi connectivity index (χ4v) is 2.81. The molecule has 0 fully saturated rings. The van der Waals surface area contributed by atoms with Gasteiger partial charge in [0.25, 0.3) is 0 Å². The third kappa shape index (κ3) is 3.72. The molecule has 1 unspecified atom stereocenters. The molecule has 0 amide bonds. The SMILES string of the molecule is Cc1ccc(C(O)CNc2cncc(-c3cccs3)n2)cc1F. The molecule has 0 bridgehead atoms. The highest BCUT2D eigenvalue weighted by atomic mass is 32.1. The van der Waals surface area contributed by atoms with E-state index < -0.39 is 6.10 Å². The fourth-order valence-electron chi connectivity index (χ4n) is 2.13. The molecule has 0 aliphatic heterocycles. The Balaban J connectivity index is 1.68. The number of hydrogen-bond acceptors (Lipinski definition) is 5. The molecule has 3 aromatic rings. The van der Waals surface area contributed by atoms with Crippen LogP contribution in [0.4, 0.5) is 10.2 Å². The minimum Gasteiger partial charge on any atom is -0.387 e. The number of aliphatic hydroxyl groups is 1. The second-order valence-electron chi connectivity index (χ2n) is 5.17. The van der Waals surface area contributed by atoms with E-state index in [0.717, 1.165) is 10.6 Å². The van der Waals surface area contributed by atoms with E-state index >= 15 is 0 Å². The number of anilines is 1. The van der Waals surface area contributed by atoms with E-state index in [1.165, 1.54) is 6.07 Å². The minimum absolute atomic E-state index is 0.227. The molecule has 0 aliphatic rings. The highest BCUT2D eigenvalue weighted by Crippen LogP contribution is 2.23. The van der Waals surface area contributed by atoms with Gasteiger partial charge in [0.1, 0.15) is 17.3 Å². The number of hydrogen-bond donors (Lipinski definition) is 2. The summed E-state index contributed by atoms with van der Waals surface area (Å²) in [7, 11) is 0. The maximum absolute atomic E-state index is 13.6. The summed E-state index contributed by atoms with van der Waals surface area (Å²) >= 11 is 1.59. The number of aliphatic hydroxyl groups excluding tert-OH is 1. The Bertz CT molecular complexity index is 792. The second-order valence-corrected chi connectivity index (χ2v) is 6.12. The third-order valence-electron chi connectivity index (χ3n) is 3.47. The first-order valence-corrected chi connectivity index (χ1v) is 8.05. The number of aromatic nitrogens is 2. The zero-order valence-electron chi connectivity index (χ0n) is 12.5. The average Bonchev–Trinajstić information content (AvgIpc) is 3.10. The second kappa shape index (κ2) is 6.85. The van der Waals surface area contributed by atoms with Crippen molar-refractivity contribution in [3.8, 4) is 10.6 Å². The summed E-state index contributed by atoms with van der Waals surface area (Å²) in [5, 5.41) is 15.2. The monoisotopic (exact) mass is 329 g/mol. The maximum Gasteiger partial charge on any atom is 0.145 e. The van der Waals surface area contributed by atoms with E-state index in [1.54, 1.807) is 42.8 Å². The van der Waals surface area contributed by atoms with Gasteiger partial charge in [-0.05, 0) is 35.6 Å². The molecule has 0 saturated carbocycles. The highest BCUT2D eigenvalue weighted by Gasteiger charge is 2.10. The van der Waals surface area contributed by atoms with Crippen molar-refractivity contribution in [1.82, 2.24) is 9.97 Å². The van der Waals surface area contributed by atoms with Gasteiger partial charge in [-0.2, -0.15) is 0 Å². The summed E-state index contributed by atoms with van der Waals surface area (Å²) in [6, 6.07) is 8.67. The zero-order valence-corrected chi connectivity index (χ0v) is 13.3. The molecular weight excluding hydrogens is 313 g/mol. The summed E-state index contributed by atoms with van der Waals surface area (Å²) in [6.45, 7) is 1.92. The van der Waals surface area contributed by atoms with Gasteiger partial charge < -0.3 is 10.4 Å². The summed E-state index contributed by atoms with van der Waals surface area (Å²) in [4.78, 5) is 9.65. The summed E-state index contributed by atoms with van der Waals surface area (Å²) < 4.78 is 13.6. The first-order valence-electron chi connectivity index (χ1n) is 7.17. The smallest absolute Gasteiger partial charge is 0.145 e. The lowest BCUT2D eigenvalue weighted by Gasteiger charge is -2.13. The van der Waals surface area contributed by atoms with E-state index in [1.807, 2.05) is 17.5 Å². The molecule has 6 heteroatoms. The van der Waals surface area contributed by atoms with Crippen LogP contribution in [0.1, 0.15) is 17.2 Å². The van der Waals surface area contributed by atoms with Crippen molar-refractivity contribution in [3.63, 3.8) is 0 Å². The third-order valence-corrected chi connectivity index (χ3v) is 4.36. The van der Waals surface area contributed by atoms with Gasteiger partial charge in [0.15, 0.2) is 0 Å². The maximum atomic E-state index is 13.6. The van der Waals surface area contributed by atoms with E-state index in [0.29, 0.717) is 16.9 Å². The zero-order chi connectivity index (χ0) is 16.2. The van der Waals surface area contributed by atoms with Crippen molar-refractivity contribution in [2.45, 2.75) is 13.0 Å². The highest BCUT2D eigenvalue weighted by molar-refractivity contribution is 7.13. The van der Waals surface area contributed by atoms with Gasteiger partial charge in [-0.25, -0.2) is 9.37 Å². The molecule has 4 nitrogen and oxygen atoms in total. The molecule has 0 spiro atoms. The largest absolute Gasteiger partial charge is 0.387 e. The number of rotatable bonds is 5. The first-order chi connectivity index (χ1) is 11.1. The Morgan fingerprint density at radius 1 is 1.30 bits per heavy atom. The van der Waals surface area contributed by atoms with Crippen LogP contribution >= 0.6 is 11.3 Å². The molecular formula is C17H16FN3OS. The van der Waals surface area contributed by atoms with Crippen LogP contribution in [0.5, 0.6) is 0 Å². The molecule has 118 valence electrons. The van der Waals surface area contributed by atoms with Crippen LogP contribution in [-0.4, -0.2) is 21.6 Å². The normalized spacial score (nSPS) is 12.1. The van der Waals surface area contributed by atoms with E-state index in [2.05, 4.69) is 15.3 Å².